The van der Waals surface area contributed by atoms with Gasteiger partial charge in [0.05, 0.1) is 11.4 Å². The third kappa shape index (κ3) is 3.94. The van der Waals surface area contributed by atoms with E-state index in [1.165, 1.54) is 6.92 Å². The molecule has 26 heavy (non-hydrogen) atoms. The van der Waals surface area contributed by atoms with Crippen LogP contribution in [-0.4, -0.2) is 30.9 Å². The maximum absolute atomic E-state index is 12.5. The minimum absolute atomic E-state index is 0.152. The zero-order chi connectivity index (χ0) is 18.7. The van der Waals surface area contributed by atoms with Gasteiger partial charge in [-0.1, -0.05) is 11.6 Å². The molecule has 7 nitrogen and oxygen atoms in total. The summed E-state index contributed by atoms with van der Waals surface area (Å²) < 4.78 is 0. The molecular formula is C18H17ClN4O3. The minimum Gasteiger partial charge on any atom is -0.336 e. The van der Waals surface area contributed by atoms with Crippen molar-refractivity contribution in [1.29, 1.82) is 0 Å². The van der Waals surface area contributed by atoms with Gasteiger partial charge in [-0.05, 0) is 42.5 Å². The van der Waals surface area contributed by atoms with E-state index in [0.29, 0.717) is 35.1 Å². The molecule has 0 bridgehead atoms. The highest BCUT2D eigenvalue weighted by Gasteiger charge is 2.21. The Bertz CT molecular complexity index is 867. The van der Waals surface area contributed by atoms with E-state index in [9.17, 15) is 14.4 Å². The second-order valence-electron chi connectivity index (χ2n) is 5.76. The predicted molar refractivity (Wildman–Crippen MR) is 101 cm³/mol. The zero-order valence-corrected chi connectivity index (χ0v) is 14.8. The quantitative estimate of drug-likeness (QED) is 0.770. The lowest BCUT2D eigenvalue weighted by molar-refractivity contribution is -0.114. The summed E-state index contributed by atoms with van der Waals surface area (Å²) in [6, 6.07) is 11.4. The molecule has 8 heteroatoms. The van der Waals surface area contributed by atoms with Crippen molar-refractivity contribution < 1.29 is 14.4 Å². The molecule has 0 aliphatic carbocycles. The summed E-state index contributed by atoms with van der Waals surface area (Å²) in [7, 11) is 0. The first kappa shape index (κ1) is 17.8. The molecule has 3 rings (SSSR count). The van der Waals surface area contributed by atoms with Crippen LogP contribution < -0.4 is 20.9 Å². The largest absolute Gasteiger partial charge is 0.336 e. The molecule has 0 unspecified atom stereocenters. The molecule has 0 radical (unpaired) electrons. The third-order valence-corrected chi connectivity index (χ3v) is 4.07. The highest BCUT2D eigenvalue weighted by Crippen LogP contribution is 2.26. The number of nitrogens with one attached hydrogen (secondary N) is 3. The Labute approximate surface area is 155 Å². The molecule has 4 amide bonds. The average Bonchev–Trinajstić information content (AvgIpc) is 3.03. The fraction of sp³-hybridized carbons (Fsp3) is 0.167. The van der Waals surface area contributed by atoms with E-state index in [2.05, 4.69) is 16.0 Å². The SMILES string of the molecule is CC(=O)Nc1ccc(Cl)cc1NC(=O)c1ccc(N2CCNC2=O)cc1. The Morgan fingerprint density at radius 1 is 1.08 bits per heavy atom. The summed E-state index contributed by atoms with van der Waals surface area (Å²) in [5.41, 5.74) is 2.00. The number of hydrogen-bond acceptors (Lipinski definition) is 3. The highest BCUT2D eigenvalue weighted by atomic mass is 35.5. The highest BCUT2D eigenvalue weighted by molar-refractivity contribution is 6.31. The Kier molecular flexibility index (Phi) is 5.09. The molecule has 1 aliphatic rings. The molecule has 0 atom stereocenters. The summed E-state index contributed by atoms with van der Waals surface area (Å²) in [5.74, 6) is -0.604. The first-order valence-corrected chi connectivity index (χ1v) is 8.36. The standard InChI is InChI=1S/C18H17ClN4O3/c1-11(24)21-15-7-4-13(19)10-16(15)22-17(25)12-2-5-14(6-3-12)23-9-8-20-18(23)26/h2-7,10H,8-9H2,1H3,(H,20,26)(H,21,24)(H,22,25). The van der Waals surface area contributed by atoms with Crippen molar-refractivity contribution in [3.8, 4) is 0 Å². The normalized spacial score (nSPS) is 13.3. The molecule has 3 N–H and O–H groups in total. The van der Waals surface area contributed by atoms with Gasteiger partial charge < -0.3 is 16.0 Å². The van der Waals surface area contributed by atoms with Gasteiger partial charge in [-0.25, -0.2) is 4.79 Å². The molecule has 0 aromatic heterocycles. The van der Waals surface area contributed by atoms with Crippen molar-refractivity contribution >= 4 is 46.5 Å². The van der Waals surface area contributed by atoms with Crippen LogP contribution in [0.4, 0.5) is 21.9 Å². The van der Waals surface area contributed by atoms with Crippen LogP contribution in [0, 0.1) is 0 Å². The molecule has 1 aliphatic heterocycles. The molecule has 0 spiro atoms. The van der Waals surface area contributed by atoms with E-state index in [1.807, 2.05) is 0 Å². The number of carbonyl (C=O) groups excluding carboxylic acids is 3. The van der Waals surface area contributed by atoms with Crippen LogP contribution in [0.3, 0.4) is 0 Å². The molecule has 1 heterocycles. The van der Waals surface area contributed by atoms with Crippen molar-refractivity contribution in [2.45, 2.75) is 6.92 Å². The van der Waals surface area contributed by atoms with E-state index >= 15 is 0 Å². The van der Waals surface area contributed by atoms with Crippen LogP contribution >= 0.6 is 11.6 Å². The van der Waals surface area contributed by atoms with E-state index < -0.39 is 0 Å². The van der Waals surface area contributed by atoms with Crippen LogP contribution in [-0.2, 0) is 4.79 Å². The Balaban J connectivity index is 1.77. The molecule has 134 valence electrons. The van der Waals surface area contributed by atoms with Crippen molar-refractivity contribution in [3.63, 3.8) is 0 Å². The van der Waals surface area contributed by atoms with Gasteiger partial charge in [0.15, 0.2) is 0 Å². The number of halogens is 1. The number of hydrogen-bond donors (Lipinski definition) is 3. The zero-order valence-electron chi connectivity index (χ0n) is 14.0. The second kappa shape index (κ2) is 7.45. The van der Waals surface area contributed by atoms with Gasteiger partial charge in [0, 0.05) is 36.3 Å². The van der Waals surface area contributed by atoms with Crippen molar-refractivity contribution in [2.24, 2.45) is 0 Å². The van der Waals surface area contributed by atoms with Crippen LogP contribution in [0.2, 0.25) is 5.02 Å². The van der Waals surface area contributed by atoms with Crippen molar-refractivity contribution in [3.05, 3.63) is 53.1 Å². The van der Waals surface area contributed by atoms with Crippen LogP contribution in [0.5, 0.6) is 0 Å². The van der Waals surface area contributed by atoms with Gasteiger partial charge in [-0.3, -0.25) is 14.5 Å². The summed E-state index contributed by atoms with van der Waals surface area (Å²) in [6.07, 6.45) is 0. The number of nitrogens with zero attached hydrogens (tertiary/aromatic N) is 1. The molecule has 0 saturated carbocycles. The smallest absolute Gasteiger partial charge is 0.321 e. The molecule has 1 saturated heterocycles. The van der Waals surface area contributed by atoms with E-state index in [0.717, 1.165) is 5.69 Å². The maximum Gasteiger partial charge on any atom is 0.321 e. The number of benzene rings is 2. The number of amides is 4. The van der Waals surface area contributed by atoms with Gasteiger partial charge in [-0.15, -0.1) is 0 Å². The van der Waals surface area contributed by atoms with Gasteiger partial charge in [0.2, 0.25) is 5.91 Å². The lowest BCUT2D eigenvalue weighted by atomic mass is 10.1. The molecule has 1 fully saturated rings. The van der Waals surface area contributed by atoms with Crippen LogP contribution in [0.15, 0.2) is 42.5 Å². The Morgan fingerprint density at radius 3 is 2.42 bits per heavy atom. The molecular weight excluding hydrogens is 356 g/mol. The van der Waals surface area contributed by atoms with Crippen molar-refractivity contribution in [1.82, 2.24) is 5.32 Å². The average molecular weight is 373 g/mol. The van der Waals surface area contributed by atoms with Crippen LogP contribution in [0.1, 0.15) is 17.3 Å². The van der Waals surface area contributed by atoms with Gasteiger partial charge in [0.25, 0.3) is 5.91 Å². The second-order valence-corrected chi connectivity index (χ2v) is 6.19. The summed E-state index contributed by atoms with van der Waals surface area (Å²) in [5, 5.41) is 8.55. The minimum atomic E-state index is -0.351. The topological polar surface area (TPSA) is 90.5 Å². The lowest BCUT2D eigenvalue weighted by Crippen LogP contribution is -2.27. The fourth-order valence-corrected chi connectivity index (χ4v) is 2.80. The molecule has 2 aromatic rings. The number of rotatable bonds is 4. The van der Waals surface area contributed by atoms with E-state index in [-0.39, 0.29) is 17.8 Å². The third-order valence-electron chi connectivity index (χ3n) is 3.84. The van der Waals surface area contributed by atoms with Crippen molar-refractivity contribution in [2.75, 3.05) is 28.6 Å². The van der Waals surface area contributed by atoms with E-state index in [4.69, 9.17) is 11.6 Å². The lowest BCUT2D eigenvalue weighted by Gasteiger charge is -2.15. The first-order valence-electron chi connectivity index (χ1n) is 7.98. The summed E-state index contributed by atoms with van der Waals surface area (Å²) in [4.78, 5) is 37.1. The van der Waals surface area contributed by atoms with Gasteiger partial charge >= 0.3 is 6.03 Å². The maximum atomic E-state index is 12.5. The predicted octanol–water partition coefficient (Wildman–Crippen LogP) is 3.08. The van der Waals surface area contributed by atoms with E-state index in [1.54, 1.807) is 47.4 Å². The fourth-order valence-electron chi connectivity index (χ4n) is 2.62. The number of anilines is 3. The Hall–Kier alpha value is -3.06. The Morgan fingerprint density at radius 2 is 1.81 bits per heavy atom. The van der Waals surface area contributed by atoms with Gasteiger partial charge in [-0.2, -0.15) is 0 Å². The van der Waals surface area contributed by atoms with Crippen LogP contribution in [0.25, 0.3) is 0 Å². The molecule has 2 aromatic carbocycles. The first-order chi connectivity index (χ1) is 12.4. The monoisotopic (exact) mass is 372 g/mol. The summed E-state index contributed by atoms with van der Waals surface area (Å²) >= 11 is 5.98. The number of carbonyl (C=O) groups is 3. The number of urea groups is 1. The van der Waals surface area contributed by atoms with Gasteiger partial charge in [0.1, 0.15) is 0 Å². The summed E-state index contributed by atoms with van der Waals surface area (Å²) in [6.45, 7) is 2.57.